The van der Waals surface area contributed by atoms with Gasteiger partial charge in [-0.05, 0) is 33.6 Å². The van der Waals surface area contributed by atoms with Gasteiger partial charge in [-0.25, -0.2) is 8.78 Å². The standard InChI is InChI=1S/C10H12BrF2NO/c1-15-9-3-2-7(4-8(9)11)5-14-6-10(12)13/h2-4,10,14H,5-6H2,1H3. The van der Waals surface area contributed by atoms with Gasteiger partial charge in [-0.1, -0.05) is 6.07 Å². The van der Waals surface area contributed by atoms with Crippen molar-refractivity contribution < 1.29 is 13.5 Å². The van der Waals surface area contributed by atoms with Crippen molar-refractivity contribution in [3.05, 3.63) is 28.2 Å². The highest BCUT2D eigenvalue weighted by Crippen LogP contribution is 2.25. The Hall–Kier alpha value is -0.680. The van der Waals surface area contributed by atoms with E-state index in [9.17, 15) is 8.78 Å². The molecule has 0 heterocycles. The molecule has 1 aromatic carbocycles. The predicted molar refractivity (Wildman–Crippen MR) is 58.4 cm³/mol. The molecular weight excluding hydrogens is 268 g/mol. The van der Waals surface area contributed by atoms with Gasteiger partial charge in [0.15, 0.2) is 0 Å². The first kappa shape index (κ1) is 12.4. The summed E-state index contributed by atoms with van der Waals surface area (Å²) in [5, 5.41) is 2.65. The van der Waals surface area contributed by atoms with E-state index in [4.69, 9.17) is 4.74 Å². The number of nitrogens with one attached hydrogen (secondary N) is 1. The van der Waals surface area contributed by atoms with Crippen LogP contribution in [0.25, 0.3) is 0 Å². The first-order valence-electron chi connectivity index (χ1n) is 4.44. The first-order chi connectivity index (χ1) is 7.13. The van der Waals surface area contributed by atoms with Crippen molar-refractivity contribution in [2.45, 2.75) is 13.0 Å². The fourth-order valence-corrected chi connectivity index (χ4v) is 1.73. The highest BCUT2D eigenvalue weighted by Gasteiger charge is 2.03. The van der Waals surface area contributed by atoms with Crippen molar-refractivity contribution in [2.75, 3.05) is 13.7 Å². The molecule has 1 N–H and O–H groups in total. The van der Waals surface area contributed by atoms with Gasteiger partial charge in [0.1, 0.15) is 5.75 Å². The van der Waals surface area contributed by atoms with E-state index in [1.54, 1.807) is 13.2 Å². The van der Waals surface area contributed by atoms with Crippen LogP contribution >= 0.6 is 15.9 Å². The number of ether oxygens (including phenoxy) is 1. The zero-order chi connectivity index (χ0) is 11.3. The van der Waals surface area contributed by atoms with Crippen molar-refractivity contribution in [3.8, 4) is 5.75 Å². The number of rotatable bonds is 5. The Morgan fingerprint density at radius 1 is 1.47 bits per heavy atom. The third-order valence-electron chi connectivity index (χ3n) is 1.84. The molecule has 0 unspecified atom stereocenters. The third kappa shape index (κ3) is 4.13. The molecule has 2 nitrogen and oxygen atoms in total. The van der Waals surface area contributed by atoms with E-state index >= 15 is 0 Å². The molecule has 0 aromatic heterocycles. The van der Waals surface area contributed by atoms with Gasteiger partial charge in [-0.3, -0.25) is 0 Å². The van der Waals surface area contributed by atoms with Crippen LogP contribution in [0.4, 0.5) is 8.78 Å². The van der Waals surface area contributed by atoms with Crippen LogP contribution in [0.2, 0.25) is 0 Å². The van der Waals surface area contributed by atoms with Gasteiger partial charge < -0.3 is 10.1 Å². The van der Waals surface area contributed by atoms with Crippen LogP contribution in [-0.4, -0.2) is 20.1 Å². The molecular formula is C10H12BrF2NO. The average Bonchev–Trinajstić information content (AvgIpc) is 2.17. The van der Waals surface area contributed by atoms with Gasteiger partial charge in [-0.2, -0.15) is 0 Å². The molecule has 0 aliphatic heterocycles. The minimum absolute atomic E-state index is 0.288. The van der Waals surface area contributed by atoms with E-state index in [-0.39, 0.29) is 6.54 Å². The van der Waals surface area contributed by atoms with Crippen LogP contribution in [0.5, 0.6) is 5.75 Å². The predicted octanol–water partition coefficient (Wildman–Crippen LogP) is 2.81. The molecule has 0 saturated heterocycles. The minimum Gasteiger partial charge on any atom is -0.496 e. The molecule has 0 spiro atoms. The lowest BCUT2D eigenvalue weighted by molar-refractivity contribution is 0.145. The van der Waals surface area contributed by atoms with E-state index in [1.807, 2.05) is 12.1 Å². The maximum absolute atomic E-state index is 11.8. The van der Waals surface area contributed by atoms with Crippen molar-refractivity contribution in [2.24, 2.45) is 0 Å². The molecule has 5 heteroatoms. The topological polar surface area (TPSA) is 21.3 Å². The second-order valence-corrected chi connectivity index (χ2v) is 3.85. The van der Waals surface area contributed by atoms with Crippen molar-refractivity contribution >= 4 is 15.9 Å². The SMILES string of the molecule is COc1ccc(CNCC(F)F)cc1Br. The molecule has 0 aliphatic rings. The maximum Gasteiger partial charge on any atom is 0.250 e. The Balaban J connectivity index is 2.52. The lowest BCUT2D eigenvalue weighted by atomic mass is 10.2. The normalized spacial score (nSPS) is 10.7. The summed E-state index contributed by atoms with van der Waals surface area (Å²) in [6.45, 7) is 0.135. The van der Waals surface area contributed by atoms with E-state index in [0.29, 0.717) is 6.54 Å². The van der Waals surface area contributed by atoms with Crippen molar-refractivity contribution in [3.63, 3.8) is 0 Å². The van der Waals surface area contributed by atoms with E-state index in [1.165, 1.54) is 0 Å². The van der Waals surface area contributed by atoms with Gasteiger partial charge in [-0.15, -0.1) is 0 Å². The largest absolute Gasteiger partial charge is 0.496 e. The second-order valence-electron chi connectivity index (χ2n) is 2.99. The third-order valence-corrected chi connectivity index (χ3v) is 2.46. The Kier molecular flexibility index (Phi) is 4.98. The summed E-state index contributed by atoms with van der Waals surface area (Å²) < 4.78 is 29.6. The number of alkyl halides is 2. The Morgan fingerprint density at radius 3 is 2.73 bits per heavy atom. The zero-order valence-electron chi connectivity index (χ0n) is 8.27. The molecule has 1 rings (SSSR count). The minimum atomic E-state index is -2.31. The zero-order valence-corrected chi connectivity index (χ0v) is 9.85. The van der Waals surface area contributed by atoms with Crippen LogP contribution < -0.4 is 10.1 Å². The quantitative estimate of drug-likeness (QED) is 0.895. The number of hydrogen-bond donors (Lipinski definition) is 1. The maximum atomic E-state index is 11.8. The monoisotopic (exact) mass is 279 g/mol. The highest BCUT2D eigenvalue weighted by atomic mass is 79.9. The average molecular weight is 280 g/mol. The molecule has 0 bridgehead atoms. The summed E-state index contributed by atoms with van der Waals surface area (Å²) in [6.07, 6.45) is -2.31. The fourth-order valence-electron chi connectivity index (χ4n) is 1.15. The number of hydrogen-bond acceptors (Lipinski definition) is 2. The van der Waals surface area contributed by atoms with Crippen LogP contribution in [0, 0.1) is 0 Å². The molecule has 1 aromatic rings. The summed E-state index contributed by atoms with van der Waals surface area (Å²) in [7, 11) is 1.58. The van der Waals surface area contributed by atoms with Crippen molar-refractivity contribution in [1.29, 1.82) is 0 Å². The van der Waals surface area contributed by atoms with E-state index in [2.05, 4.69) is 21.2 Å². The van der Waals surface area contributed by atoms with E-state index < -0.39 is 6.43 Å². The summed E-state index contributed by atoms with van der Waals surface area (Å²) >= 11 is 3.33. The number of benzene rings is 1. The first-order valence-corrected chi connectivity index (χ1v) is 5.24. The van der Waals surface area contributed by atoms with Crippen LogP contribution in [0.3, 0.4) is 0 Å². The Labute approximate surface area is 95.8 Å². The fraction of sp³-hybridized carbons (Fsp3) is 0.400. The van der Waals surface area contributed by atoms with Crippen molar-refractivity contribution in [1.82, 2.24) is 5.32 Å². The summed E-state index contributed by atoms with van der Waals surface area (Å²) in [6, 6.07) is 5.48. The van der Waals surface area contributed by atoms with Gasteiger partial charge >= 0.3 is 0 Å². The highest BCUT2D eigenvalue weighted by molar-refractivity contribution is 9.10. The van der Waals surface area contributed by atoms with Gasteiger partial charge in [0.05, 0.1) is 18.1 Å². The smallest absolute Gasteiger partial charge is 0.250 e. The summed E-state index contributed by atoms with van der Waals surface area (Å²) in [5.74, 6) is 0.729. The molecule has 84 valence electrons. The Morgan fingerprint density at radius 2 is 2.20 bits per heavy atom. The number of methoxy groups -OCH3 is 1. The van der Waals surface area contributed by atoms with Crippen LogP contribution in [0.15, 0.2) is 22.7 Å². The molecule has 0 atom stereocenters. The summed E-state index contributed by atoms with van der Waals surface area (Å²) in [5.41, 5.74) is 0.934. The van der Waals surface area contributed by atoms with E-state index in [0.717, 1.165) is 15.8 Å². The van der Waals surface area contributed by atoms with Gasteiger partial charge in [0.2, 0.25) is 0 Å². The second kappa shape index (κ2) is 6.02. The van der Waals surface area contributed by atoms with Gasteiger partial charge in [0, 0.05) is 6.54 Å². The molecule has 0 aliphatic carbocycles. The summed E-state index contributed by atoms with van der Waals surface area (Å²) in [4.78, 5) is 0. The molecule has 0 fully saturated rings. The number of halogens is 3. The van der Waals surface area contributed by atoms with Gasteiger partial charge in [0.25, 0.3) is 6.43 Å². The molecule has 15 heavy (non-hydrogen) atoms. The Bertz CT molecular complexity index is 320. The molecule has 0 saturated carbocycles. The van der Waals surface area contributed by atoms with Crippen LogP contribution in [-0.2, 0) is 6.54 Å². The molecule has 0 radical (unpaired) electrons. The van der Waals surface area contributed by atoms with Crippen LogP contribution in [0.1, 0.15) is 5.56 Å². The molecule has 0 amide bonds. The lowest BCUT2D eigenvalue weighted by Crippen LogP contribution is -2.20. The lowest BCUT2D eigenvalue weighted by Gasteiger charge is -2.07.